The van der Waals surface area contributed by atoms with E-state index in [0.29, 0.717) is 24.0 Å². The number of carbonyl (C=O) groups is 1. The molecule has 1 heterocycles. The van der Waals surface area contributed by atoms with Crippen molar-refractivity contribution in [3.63, 3.8) is 0 Å². The second-order valence-corrected chi connectivity index (χ2v) is 6.04. The first-order valence-electron chi connectivity index (χ1n) is 7.58. The van der Waals surface area contributed by atoms with Crippen LogP contribution < -0.4 is 11.1 Å². The Bertz CT molecular complexity index is 493. The van der Waals surface area contributed by atoms with Gasteiger partial charge in [-0.05, 0) is 38.5 Å². The van der Waals surface area contributed by atoms with E-state index in [4.69, 9.17) is 5.73 Å². The van der Waals surface area contributed by atoms with Gasteiger partial charge in [0.25, 0.3) is 0 Å². The highest BCUT2D eigenvalue weighted by molar-refractivity contribution is 5.95. The van der Waals surface area contributed by atoms with Gasteiger partial charge in [0.15, 0.2) is 0 Å². The molecule has 5 nitrogen and oxygen atoms in total. The highest BCUT2D eigenvalue weighted by Gasteiger charge is 2.20. The molecule has 21 heavy (non-hydrogen) atoms. The zero-order valence-electron chi connectivity index (χ0n) is 13.2. The number of rotatable bonds is 4. The number of benzene rings is 1. The van der Waals surface area contributed by atoms with E-state index in [1.807, 2.05) is 25.1 Å². The quantitative estimate of drug-likeness (QED) is 0.826. The number of nitrogens with one attached hydrogen (secondary N) is 1. The summed E-state index contributed by atoms with van der Waals surface area (Å²) in [5.41, 5.74) is 8.33. The van der Waals surface area contributed by atoms with Crippen LogP contribution >= 0.6 is 0 Å². The molecule has 0 aliphatic carbocycles. The van der Waals surface area contributed by atoms with E-state index in [-0.39, 0.29) is 5.91 Å². The molecule has 1 amide bonds. The molecule has 2 rings (SSSR count). The van der Waals surface area contributed by atoms with Gasteiger partial charge < -0.3 is 11.1 Å². The Morgan fingerprint density at radius 2 is 1.95 bits per heavy atom. The summed E-state index contributed by atoms with van der Waals surface area (Å²) < 4.78 is 0. The molecule has 116 valence electrons. The molecule has 1 aromatic rings. The Kier molecular flexibility index (Phi) is 5.20. The molecule has 0 bridgehead atoms. The van der Waals surface area contributed by atoms with Crippen LogP contribution in [-0.2, 0) is 4.79 Å². The van der Waals surface area contributed by atoms with Crippen molar-refractivity contribution in [2.45, 2.75) is 26.8 Å². The Balaban J connectivity index is 1.83. The molecule has 1 aliphatic heterocycles. The fourth-order valence-corrected chi connectivity index (χ4v) is 2.63. The molecular weight excluding hydrogens is 264 g/mol. The van der Waals surface area contributed by atoms with Gasteiger partial charge in [-0.2, -0.15) is 0 Å². The van der Waals surface area contributed by atoms with Crippen molar-refractivity contribution >= 4 is 17.3 Å². The summed E-state index contributed by atoms with van der Waals surface area (Å²) in [6.07, 6.45) is 0. The molecular formula is C16H26N4O. The van der Waals surface area contributed by atoms with Crippen LogP contribution in [0.25, 0.3) is 0 Å². The van der Waals surface area contributed by atoms with Crippen LogP contribution in [0, 0.1) is 6.92 Å². The smallest absolute Gasteiger partial charge is 0.238 e. The minimum absolute atomic E-state index is 0.00329. The van der Waals surface area contributed by atoms with E-state index in [1.165, 1.54) is 0 Å². The van der Waals surface area contributed by atoms with Gasteiger partial charge in [0, 0.05) is 32.2 Å². The maximum Gasteiger partial charge on any atom is 0.238 e. The van der Waals surface area contributed by atoms with Gasteiger partial charge in [-0.15, -0.1) is 0 Å². The number of hydrogen-bond donors (Lipinski definition) is 2. The monoisotopic (exact) mass is 290 g/mol. The van der Waals surface area contributed by atoms with E-state index >= 15 is 0 Å². The molecule has 1 aliphatic rings. The first kappa shape index (κ1) is 15.8. The number of aryl methyl sites for hydroxylation is 1. The minimum Gasteiger partial charge on any atom is -0.397 e. The SMILES string of the molecule is Cc1ccc(NC(=O)CN2CCN(C(C)C)CC2)c(N)c1. The Morgan fingerprint density at radius 1 is 1.29 bits per heavy atom. The zero-order chi connectivity index (χ0) is 15.4. The third-order valence-corrected chi connectivity index (χ3v) is 3.99. The molecule has 0 spiro atoms. The van der Waals surface area contributed by atoms with Gasteiger partial charge in [0.05, 0.1) is 17.9 Å². The Hall–Kier alpha value is -1.59. The number of hydrogen-bond acceptors (Lipinski definition) is 4. The van der Waals surface area contributed by atoms with Crippen LogP contribution in [0.3, 0.4) is 0 Å². The van der Waals surface area contributed by atoms with Crippen LogP contribution in [-0.4, -0.2) is 54.5 Å². The highest BCUT2D eigenvalue weighted by Crippen LogP contribution is 2.19. The lowest BCUT2D eigenvalue weighted by Crippen LogP contribution is -2.50. The maximum absolute atomic E-state index is 12.1. The van der Waals surface area contributed by atoms with Crippen molar-refractivity contribution in [2.75, 3.05) is 43.8 Å². The minimum atomic E-state index is 0.00329. The molecule has 0 saturated carbocycles. The van der Waals surface area contributed by atoms with Crippen LogP contribution in [0.15, 0.2) is 18.2 Å². The van der Waals surface area contributed by atoms with Gasteiger partial charge >= 0.3 is 0 Å². The predicted molar refractivity (Wildman–Crippen MR) is 87.4 cm³/mol. The topological polar surface area (TPSA) is 61.6 Å². The van der Waals surface area contributed by atoms with Crippen molar-refractivity contribution in [2.24, 2.45) is 0 Å². The second kappa shape index (κ2) is 6.91. The molecule has 0 aromatic heterocycles. The van der Waals surface area contributed by atoms with Gasteiger partial charge in [-0.1, -0.05) is 6.07 Å². The highest BCUT2D eigenvalue weighted by atomic mass is 16.2. The summed E-state index contributed by atoms with van der Waals surface area (Å²) in [6.45, 7) is 10.8. The van der Waals surface area contributed by atoms with Crippen LogP contribution in [0.4, 0.5) is 11.4 Å². The normalized spacial score (nSPS) is 17.1. The Morgan fingerprint density at radius 3 is 2.52 bits per heavy atom. The molecule has 1 aromatic carbocycles. The maximum atomic E-state index is 12.1. The van der Waals surface area contributed by atoms with E-state index in [9.17, 15) is 4.79 Å². The predicted octanol–water partition coefficient (Wildman–Crippen LogP) is 1.54. The molecule has 0 unspecified atom stereocenters. The van der Waals surface area contributed by atoms with Crippen LogP contribution in [0.2, 0.25) is 0 Å². The van der Waals surface area contributed by atoms with E-state index in [1.54, 1.807) is 0 Å². The third kappa shape index (κ3) is 4.44. The van der Waals surface area contributed by atoms with Gasteiger partial charge in [-0.3, -0.25) is 14.6 Å². The standard InChI is InChI=1S/C16H26N4O/c1-12(2)20-8-6-19(7-9-20)11-16(21)18-15-5-4-13(3)10-14(15)17/h4-5,10,12H,6-9,11,17H2,1-3H3,(H,18,21). The molecule has 0 radical (unpaired) electrons. The number of anilines is 2. The summed E-state index contributed by atoms with van der Waals surface area (Å²) in [5, 5.41) is 2.90. The van der Waals surface area contributed by atoms with E-state index in [2.05, 4.69) is 29.0 Å². The summed E-state index contributed by atoms with van der Waals surface area (Å²) in [7, 11) is 0. The summed E-state index contributed by atoms with van der Waals surface area (Å²) >= 11 is 0. The lowest BCUT2D eigenvalue weighted by Gasteiger charge is -2.36. The van der Waals surface area contributed by atoms with Gasteiger partial charge in [0.1, 0.15) is 0 Å². The molecule has 3 N–H and O–H groups in total. The van der Waals surface area contributed by atoms with Crippen molar-refractivity contribution < 1.29 is 4.79 Å². The second-order valence-electron chi connectivity index (χ2n) is 6.04. The molecule has 1 fully saturated rings. The summed E-state index contributed by atoms with van der Waals surface area (Å²) in [5.74, 6) is 0.00329. The molecule has 0 atom stereocenters. The lowest BCUT2D eigenvalue weighted by atomic mass is 10.2. The van der Waals surface area contributed by atoms with Gasteiger partial charge in [0.2, 0.25) is 5.91 Å². The number of piperazine rings is 1. The first-order valence-corrected chi connectivity index (χ1v) is 7.58. The summed E-state index contributed by atoms with van der Waals surface area (Å²) in [6, 6.07) is 6.26. The van der Waals surface area contributed by atoms with Crippen molar-refractivity contribution in [1.82, 2.24) is 9.80 Å². The summed E-state index contributed by atoms with van der Waals surface area (Å²) in [4.78, 5) is 16.7. The fourth-order valence-electron chi connectivity index (χ4n) is 2.63. The van der Waals surface area contributed by atoms with E-state index < -0.39 is 0 Å². The van der Waals surface area contributed by atoms with Crippen LogP contribution in [0.5, 0.6) is 0 Å². The average molecular weight is 290 g/mol. The number of amides is 1. The Labute approximate surface area is 127 Å². The number of nitrogens with zero attached hydrogens (tertiary/aromatic N) is 2. The first-order chi connectivity index (χ1) is 9.95. The number of nitrogens with two attached hydrogens (primary N) is 1. The average Bonchev–Trinajstić information content (AvgIpc) is 2.42. The third-order valence-electron chi connectivity index (χ3n) is 3.99. The lowest BCUT2D eigenvalue weighted by molar-refractivity contribution is -0.117. The largest absolute Gasteiger partial charge is 0.397 e. The number of nitrogen functional groups attached to an aromatic ring is 1. The van der Waals surface area contributed by atoms with Crippen molar-refractivity contribution in [3.05, 3.63) is 23.8 Å². The van der Waals surface area contributed by atoms with Gasteiger partial charge in [-0.25, -0.2) is 0 Å². The molecule has 1 saturated heterocycles. The van der Waals surface area contributed by atoms with Crippen molar-refractivity contribution in [1.29, 1.82) is 0 Å². The fraction of sp³-hybridized carbons (Fsp3) is 0.562. The van der Waals surface area contributed by atoms with E-state index in [0.717, 1.165) is 31.7 Å². The molecule has 5 heteroatoms. The number of carbonyl (C=O) groups excluding carboxylic acids is 1. The zero-order valence-corrected chi connectivity index (χ0v) is 13.2. The van der Waals surface area contributed by atoms with Crippen molar-refractivity contribution in [3.8, 4) is 0 Å². The van der Waals surface area contributed by atoms with Crippen LogP contribution in [0.1, 0.15) is 19.4 Å².